The van der Waals surface area contributed by atoms with Gasteiger partial charge in [0.1, 0.15) is 0 Å². The fraction of sp³-hybridized carbons (Fsp3) is 1.00. The van der Waals surface area contributed by atoms with Crippen molar-refractivity contribution in [3.8, 4) is 0 Å². The molecule has 3 nitrogen and oxygen atoms in total. The van der Waals surface area contributed by atoms with Crippen LogP contribution in [0.25, 0.3) is 0 Å². The zero-order valence-corrected chi connectivity index (χ0v) is 8.25. The van der Waals surface area contributed by atoms with Crippen LogP contribution in [0.2, 0.25) is 0 Å². The lowest BCUT2D eigenvalue weighted by molar-refractivity contribution is 0.0845. The minimum atomic E-state index is -0.222. The van der Waals surface area contributed by atoms with Crippen molar-refractivity contribution in [3.05, 3.63) is 0 Å². The number of aliphatic hydroxyl groups excluding tert-OH is 1. The smallest absolute Gasteiger partial charge is 0.0664 e. The van der Waals surface area contributed by atoms with Gasteiger partial charge in [0.25, 0.3) is 0 Å². The Morgan fingerprint density at radius 1 is 1.50 bits per heavy atom. The van der Waals surface area contributed by atoms with Crippen LogP contribution in [-0.4, -0.2) is 48.3 Å². The van der Waals surface area contributed by atoms with E-state index in [4.69, 9.17) is 0 Å². The van der Waals surface area contributed by atoms with E-state index in [1.54, 1.807) is 0 Å². The molecule has 3 atom stereocenters. The van der Waals surface area contributed by atoms with Crippen molar-refractivity contribution in [2.45, 2.75) is 38.5 Å². The van der Waals surface area contributed by atoms with Crippen LogP contribution in [0.5, 0.6) is 0 Å². The van der Waals surface area contributed by atoms with Gasteiger partial charge in [-0.05, 0) is 27.3 Å². The van der Waals surface area contributed by atoms with Crippen LogP contribution in [0.4, 0.5) is 0 Å². The molecule has 12 heavy (non-hydrogen) atoms. The van der Waals surface area contributed by atoms with E-state index in [0.29, 0.717) is 12.1 Å². The molecule has 1 heterocycles. The normalized spacial score (nSPS) is 30.5. The molecular formula is C9H20N2O. The minimum Gasteiger partial charge on any atom is -0.392 e. The molecule has 0 aromatic rings. The van der Waals surface area contributed by atoms with E-state index in [1.165, 1.54) is 6.42 Å². The molecule has 2 N–H and O–H groups in total. The predicted octanol–water partition coefficient (Wildman–Crippen LogP) is 0.0494. The highest BCUT2D eigenvalue weighted by atomic mass is 16.3. The first-order valence-corrected chi connectivity index (χ1v) is 4.74. The first kappa shape index (κ1) is 9.96. The molecule has 1 fully saturated rings. The summed E-state index contributed by atoms with van der Waals surface area (Å²) in [5.74, 6) is 0. The summed E-state index contributed by atoms with van der Waals surface area (Å²) in [7, 11) is 2.00. The van der Waals surface area contributed by atoms with Gasteiger partial charge in [-0.2, -0.15) is 0 Å². The highest BCUT2D eigenvalue weighted by Gasteiger charge is 2.26. The summed E-state index contributed by atoms with van der Waals surface area (Å²) in [4.78, 5) is 2.34. The average Bonchev–Trinajstić information content (AvgIpc) is 2.50. The number of nitrogens with zero attached hydrogens (tertiary/aromatic N) is 1. The molecule has 0 aliphatic carbocycles. The fourth-order valence-electron chi connectivity index (χ4n) is 1.70. The van der Waals surface area contributed by atoms with Crippen molar-refractivity contribution in [2.75, 3.05) is 20.1 Å². The maximum absolute atomic E-state index is 9.38. The highest BCUT2D eigenvalue weighted by molar-refractivity contribution is 4.84. The number of rotatable bonds is 3. The number of hydrogen-bond acceptors (Lipinski definition) is 3. The molecule has 1 aliphatic heterocycles. The van der Waals surface area contributed by atoms with Gasteiger partial charge in [0, 0.05) is 25.2 Å². The SMILES string of the molecule is CNC1CCN(C(C)C(C)O)C1. The maximum atomic E-state index is 9.38. The summed E-state index contributed by atoms with van der Waals surface area (Å²) in [6.07, 6.45) is 0.980. The Morgan fingerprint density at radius 2 is 2.17 bits per heavy atom. The van der Waals surface area contributed by atoms with Gasteiger partial charge in [-0.25, -0.2) is 0 Å². The van der Waals surface area contributed by atoms with Gasteiger partial charge in [0.05, 0.1) is 6.10 Å². The van der Waals surface area contributed by atoms with Gasteiger partial charge in [0.2, 0.25) is 0 Å². The van der Waals surface area contributed by atoms with E-state index in [9.17, 15) is 5.11 Å². The van der Waals surface area contributed by atoms with E-state index in [-0.39, 0.29) is 6.10 Å². The number of likely N-dealkylation sites (N-methyl/N-ethyl adjacent to an activating group) is 1. The summed E-state index contributed by atoms with van der Waals surface area (Å²) < 4.78 is 0. The lowest BCUT2D eigenvalue weighted by Crippen LogP contribution is -2.40. The monoisotopic (exact) mass is 172 g/mol. The van der Waals surface area contributed by atoms with Crippen molar-refractivity contribution in [1.29, 1.82) is 0 Å². The van der Waals surface area contributed by atoms with E-state index in [0.717, 1.165) is 13.1 Å². The average molecular weight is 172 g/mol. The quantitative estimate of drug-likeness (QED) is 0.631. The summed E-state index contributed by atoms with van der Waals surface area (Å²) in [6, 6.07) is 0.912. The largest absolute Gasteiger partial charge is 0.392 e. The molecule has 0 spiro atoms. The Balaban J connectivity index is 2.35. The summed E-state index contributed by atoms with van der Waals surface area (Å²) >= 11 is 0. The van der Waals surface area contributed by atoms with Crippen LogP contribution in [0.3, 0.4) is 0 Å². The molecule has 3 unspecified atom stereocenters. The van der Waals surface area contributed by atoms with Crippen LogP contribution in [0.15, 0.2) is 0 Å². The van der Waals surface area contributed by atoms with Gasteiger partial charge in [-0.3, -0.25) is 4.90 Å². The predicted molar refractivity (Wildman–Crippen MR) is 50.2 cm³/mol. The zero-order chi connectivity index (χ0) is 9.14. The van der Waals surface area contributed by atoms with Crippen LogP contribution >= 0.6 is 0 Å². The first-order valence-electron chi connectivity index (χ1n) is 4.74. The van der Waals surface area contributed by atoms with Crippen LogP contribution in [0, 0.1) is 0 Å². The van der Waals surface area contributed by atoms with Gasteiger partial charge in [0.15, 0.2) is 0 Å². The number of hydrogen-bond donors (Lipinski definition) is 2. The van der Waals surface area contributed by atoms with E-state index < -0.39 is 0 Å². The lowest BCUT2D eigenvalue weighted by Gasteiger charge is -2.26. The maximum Gasteiger partial charge on any atom is 0.0664 e. The van der Waals surface area contributed by atoms with E-state index in [1.807, 2.05) is 14.0 Å². The highest BCUT2D eigenvalue weighted by Crippen LogP contribution is 2.14. The van der Waals surface area contributed by atoms with Crippen LogP contribution in [0.1, 0.15) is 20.3 Å². The Hall–Kier alpha value is -0.120. The molecular weight excluding hydrogens is 152 g/mol. The molecule has 0 saturated carbocycles. The molecule has 1 aliphatic rings. The summed E-state index contributed by atoms with van der Waals surface area (Å²) in [6.45, 7) is 6.13. The molecule has 1 rings (SSSR count). The Bertz CT molecular complexity index is 138. The molecule has 0 aromatic carbocycles. The molecule has 0 aromatic heterocycles. The molecule has 3 heteroatoms. The van der Waals surface area contributed by atoms with Gasteiger partial charge in [-0.1, -0.05) is 0 Å². The Labute approximate surface area is 74.8 Å². The second kappa shape index (κ2) is 4.21. The first-order chi connectivity index (χ1) is 5.65. The zero-order valence-electron chi connectivity index (χ0n) is 8.25. The van der Waals surface area contributed by atoms with Crippen LogP contribution in [-0.2, 0) is 0 Å². The molecule has 72 valence electrons. The minimum absolute atomic E-state index is 0.222. The van der Waals surface area contributed by atoms with Crippen molar-refractivity contribution in [2.24, 2.45) is 0 Å². The molecule has 1 saturated heterocycles. The van der Waals surface area contributed by atoms with Crippen LogP contribution < -0.4 is 5.32 Å². The van der Waals surface area contributed by atoms with Gasteiger partial charge in [-0.15, -0.1) is 0 Å². The Kier molecular flexibility index (Phi) is 3.50. The van der Waals surface area contributed by atoms with Crippen molar-refractivity contribution in [1.82, 2.24) is 10.2 Å². The summed E-state index contributed by atoms with van der Waals surface area (Å²) in [5, 5.41) is 12.6. The van der Waals surface area contributed by atoms with Crippen molar-refractivity contribution in [3.63, 3.8) is 0 Å². The fourth-order valence-corrected chi connectivity index (χ4v) is 1.70. The van der Waals surface area contributed by atoms with E-state index in [2.05, 4.69) is 17.1 Å². The third-order valence-electron chi connectivity index (χ3n) is 2.90. The molecule has 0 radical (unpaired) electrons. The van der Waals surface area contributed by atoms with Crippen molar-refractivity contribution < 1.29 is 5.11 Å². The second-order valence-electron chi connectivity index (χ2n) is 3.75. The summed E-state index contributed by atoms with van der Waals surface area (Å²) in [5.41, 5.74) is 0. The Morgan fingerprint density at radius 3 is 2.58 bits per heavy atom. The molecule has 0 bridgehead atoms. The second-order valence-corrected chi connectivity index (χ2v) is 3.75. The topological polar surface area (TPSA) is 35.5 Å². The van der Waals surface area contributed by atoms with Gasteiger partial charge >= 0.3 is 0 Å². The third-order valence-corrected chi connectivity index (χ3v) is 2.90. The van der Waals surface area contributed by atoms with Crippen molar-refractivity contribution >= 4 is 0 Å². The standard InChI is InChI=1S/C9H20N2O/c1-7(8(2)12)11-5-4-9(6-11)10-3/h7-10,12H,4-6H2,1-3H3. The number of nitrogens with one attached hydrogen (secondary N) is 1. The van der Waals surface area contributed by atoms with E-state index >= 15 is 0 Å². The van der Waals surface area contributed by atoms with Gasteiger partial charge < -0.3 is 10.4 Å². The molecule has 0 amide bonds. The number of aliphatic hydroxyl groups is 1. The number of likely N-dealkylation sites (tertiary alicyclic amines) is 1. The third kappa shape index (κ3) is 2.19. The lowest BCUT2D eigenvalue weighted by atomic mass is 10.2.